The van der Waals surface area contributed by atoms with Gasteiger partial charge in [-0.05, 0) is 36.8 Å². The highest BCUT2D eigenvalue weighted by Crippen LogP contribution is 2.11. The molecule has 0 saturated heterocycles. The first-order valence-electron chi connectivity index (χ1n) is 5.98. The molecule has 2 aromatic rings. The van der Waals surface area contributed by atoms with Gasteiger partial charge in [0.25, 0.3) is 0 Å². The van der Waals surface area contributed by atoms with Gasteiger partial charge in [0.2, 0.25) is 0 Å². The van der Waals surface area contributed by atoms with E-state index in [4.69, 9.17) is 5.11 Å². The van der Waals surface area contributed by atoms with E-state index < -0.39 is 5.97 Å². The van der Waals surface area contributed by atoms with Crippen LogP contribution in [0.4, 0.5) is 0 Å². The van der Waals surface area contributed by atoms with E-state index in [9.17, 15) is 4.79 Å². The van der Waals surface area contributed by atoms with Crippen molar-refractivity contribution in [2.45, 2.75) is 19.5 Å². The summed E-state index contributed by atoms with van der Waals surface area (Å²) < 4.78 is 0. The van der Waals surface area contributed by atoms with Gasteiger partial charge in [0.15, 0.2) is 0 Å². The van der Waals surface area contributed by atoms with Crippen molar-refractivity contribution in [2.24, 2.45) is 0 Å². The second kappa shape index (κ2) is 6.06. The molecule has 0 spiro atoms. The van der Waals surface area contributed by atoms with E-state index >= 15 is 0 Å². The Morgan fingerprint density at radius 2 is 2.05 bits per heavy atom. The zero-order valence-corrected chi connectivity index (χ0v) is 10.6. The number of pyridine rings is 2. The molecule has 19 heavy (non-hydrogen) atoms. The third-order valence-corrected chi connectivity index (χ3v) is 2.87. The number of nitrogens with zero attached hydrogens (tertiary/aromatic N) is 2. The molecule has 0 bridgehead atoms. The van der Waals surface area contributed by atoms with Crippen LogP contribution in [0, 0.1) is 0 Å². The van der Waals surface area contributed by atoms with Crippen LogP contribution < -0.4 is 5.32 Å². The fourth-order valence-electron chi connectivity index (χ4n) is 1.68. The van der Waals surface area contributed by atoms with Crippen molar-refractivity contribution in [1.82, 2.24) is 15.3 Å². The molecule has 0 aliphatic heterocycles. The van der Waals surface area contributed by atoms with E-state index in [1.165, 1.54) is 6.20 Å². The molecule has 0 amide bonds. The maximum absolute atomic E-state index is 10.7. The summed E-state index contributed by atoms with van der Waals surface area (Å²) in [5.41, 5.74) is 2.16. The van der Waals surface area contributed by atoms with Gasteiger partial charge in [-0.25, -0.2) is 4.79 Å². The lowest BCUT2D eigenvalue weighted by molar-refractivity contribution is 0.0696. The number of carbonyl (C=O) groups is 1. The molecule has 5 nitrogen and oxygen atoms in total. The van der Waals surface area contributed by atoms with E-state index in [0.717, 1.165) is 11.3 Å². The van der Waals surface area contributed by atoms with Crippen LogP contribution in [0.2, 0.25) is 0 Å². The Bertz CT molecular complexity index is 540. The third kappa shape index (κ3) is 3.59. The highest BCUT2D eigenvalue weighted by molar-refractivity contribution is 5.87. The predicted octanol–water partition coefficient (Wildman–Crippen LogP) is 2.03. The second-order valence-electron chi connectivity index (χ2n) is 4.23. The quantitative estimate of drug-likeness (QED) is 0.857. The van der Waals surface area contributed by atoms with Gasteiger partial charge in [-0.3, -0.25) is 9.97 Å². The largest absolute Gasteiger partial charge is 0.478 e. The van der Waals surface area contributed by atoms with Crippen LogP contribution >= 0.6 is 0 Å². The predicted molar refractivity (Wildman–Crippen MR) is 70.7 cm³/mol. The Morgan fingerprint density at radius 3 is 2.63 bits per heavy atom. The molecule has 98 valence electrons. The monoisotopic (exact) mass is 257 g/mol. The topological polar surface area (TPSA) is 75.1 Å². The van der Waals surface area contributed by atoms with Crippen molar-refractivity contribution >= 4 is 5.97 Å². The fourth-order valence-corrected chi connectivity index (χ4v) is 1.68. The molecule has 0 aliphatic carbocycles. The summed E-state index contributed by atoms with van der Waals surface area (Å²) in [6, 6.07) is 7.38. The first-order valence-corrected chi connectivity index (χ1v) is 5.98. The first-order chi connectivity index (χ1) is 9.16. The number of hydrogen-bond acceptors (Lipinski definition) is 4. The normalized spacial score (nSPS) is 12.1. The molecule has 0 aromatic carbocycles. The molecule has 0 radical (unpaired) electrons. The second-order valence-corrected chi connectivity index (χ2v) is 4.23. The SMILES string of the molecule is CC(NCc1ccc(C(=O)O)cn1)c1ccncc1. The number of aromatic nitrogens is 2. The highest BCUT2D eigenvalue weighted by atomic mass is 16.4. The summed E-state index contributed by atoms with van der Waals surface area (Å²) in [6.45, 7) is 2.64. The summed E-state index contributed by atoms with van der Waals surface area (Å²) in [5.74, 6) is -0.961. The molecular formula is C14H15N3O2. The number of hydrogen-bond donors (Lipinski definition) is 2. The van der Waals surface area contributed by atoms with E-state index in [0.29, 0.717) is 6.54 Å². The molecule has 1 unspecified atom stereocenters. The molecular weight excluding hydrogens is 242 g/mol. The van der Waals surface area contributed by atoms with Crippen LogP contribution in [0.15, 0.2) is 42.9 Å². The molecule has 2 aromatic heterocycles. The first kappa shape index (κ1) is 13.2. The summed E-state index contributed by atoms with van der Waals surface area (Å²) in [6.07, 6.45) is 4.89. The minimum absolute atomic E-state index is 0.184. The van der Waals surface area contributed by atoms with Crippen LogP contribution in [-0.2, 0) is 6.54 Å². The number of nitrogens with one attached hydrogen (secondary N) is 1. The maximum Gasteiger partial charge on any atom is 0.337 e. The molecule has 2 heterocycles. The molecule has 0 fully saturated rings. The summed E-state index contributed by atoms with van der Waals surface area (Å²) >= 11 is 0. The average Bonchev–Trinajstić information content (AvgIpc) is 2.46. The minimum Gasteiger partial charge on any atom is -0.478 e. The van der Waals surface area contributed by atoms with Crippen molar-refractivity contribution in [3.63, 3.8) is 0 Å². The number of carboxylic acid groups (broad SMARTS) is 1. The van der Waals surface area contributed by atoms with Gasteiger partial charge in [0.05, 0.1) is 11.3 Å². The Hall–Kier alpha value is -2.27. The molecule has 1 atom stereocenters. The van der Waals surface area contributed by atoms with Gasteiger partial charge in [-0.1, -0.05) is 0 Å². The van der Waals surface area contributed by atoms with Crippen LogP contribution in [0.3, 0.4) is 0 Å². The van der Waals surface area contributed by atoms with E-state index in [1.807, 2.05) is 12.1 Å². The van der Waals surface area contributed by atoms with Crippen LogP contribution in [0.1, 0.15) is 34.6 Å². The maximum atomic E-state index is 10.7. The van der Waals surface area contributed by atoms with E-state index in [-0.39, 0.29) is 11.6 Å². The van der Waals surface area contributed by atoms with Gasteiger partial charge >= 0.3 is 5.97 Å². The Labute approximate surface area is 111 Å². The molecule has 0 saturated carbocycles. The Morgan fingerprint density at radius 1 is 1.32 bits per heavy atom. The Kier molecular flexibility index (Phi) is 4.20. The third-order valence-electron chi connectivity index (χ3n) is 2.87. The van der Waals surface area contributed by atoms with Crippen molar-refractivity contribution in [3.8, 4) is 0 Å². The van der Waals surface area contributed by atoms with Crippen molar-refractivity contribution in [2.75, 3.05) is 0 Å². The average molecular weight is 257 g/mol. The highest BCUT2D eigenvalue weighted by Gasteiger charge is 2.06. The van der Waals surface area contributed by atoms with Crippen molar-refractivity contribution in [1.29, 1.82) is 0 Å². The van der Waals surface area contributed by atoms with Crippen molar-refractivity contribution < 1.29 is 9.90 Å². The number of rotatable bonds is 5. The van der Waals surface area contributed by atoms with Gasteiger partial charge in [0, 0.05) is 31.2 Å². The van der Waals surface area contributed by atoms with Gasteiger partial charge in [0.1, 0.15) is 0 Å². The molecule has 5 heteroatoms. The zero-order chi connectivity index (χ0) is 13.7. The van der Waals surface area contributed by atoms with Crippen molar-refractivity contribution in [3.05, 3.63) is 59.7 Å². The Balaban J connectivity index is 1.93. The lowest BCUT2D eigenvalue weighted by atomic mass is 10.1. The molecule has 2 rings (SSSR count). The zero-order valence-electron chi connectivity index (χ0n) is 10.6. The van der Waals surface area contributed by atoms with Crippen LogP contribution in [-0.4, -0.2) is 21.0 Å². The molecule has 2 N–H and O–H groups in total. The fraction of sp³-hybridized carbons (Fsp3) is 0.214. The van der Waals surface area contributed by atoms with Gasteiger partial charge in [-0.2, -0.15) is 0 Å². The number of carboxylic acids is 1. The van der Waals surface area contributed by atoms with Crippen LogP contribution in [0.5, 0.6) is 0 Å². The summed E-state index contributed by atoms with van der Waals surface area (Å²) in [5, 5.41) is 12.1. The van der Waals surface area contributed by atoms with E-state index in [1.54, 1.807) is 24.5 Å². The smallest absolute Gasteiger partial charge is 0.337 e. The minimum atomic E-state index is -0.961. The lowest BCUT2D eigenvalue weighted by Gasteiger charge is -2.13. The number of aromatic carboxylic acids is 1. The standard InChI is InChI=1S/C14H15N3O2/c1-10(11-4-6-15-7-5-11)16-9-13-3-2-12(8-17-13)14(18)19/h2-8,10,16H,9H2,1H3,(H,18,19). The summed E-state index contributed by atoms with van der Waals surface area (Å²) in [7, 11) is 0. The summed E-state index contributed by atoms with van der Waals surface area (Å²) in [4.78, 5) is 18.8. The van der Waals surface area contributed by atoms with Gasteiger partial charge < -0.3 is 10.4 Å². The lowest BCUT2D eigenvalue weighted by Crippen LogP contribution is -2.18. The molecule has 0 aliphatic rings. The van der Waals surface area contributed by atoms with Crippen LogP contribution in [0.25, 0.3) is 0 Å². The van der Waals surface area contributed by atoms with E-state index in [2.05, 4.69) is 22.2 Å². The van der Waals surface area contributed by atoms with Gasteiger partial charge in [-0.15, -0.1) is 0 Å².